The Labute approximate surface area is 147 Å². The summed E-state index contributed by atoms with van der Waals surface area (Å²) in [5.74, 6) is -0.101. The van der Waals surface area contributed by atoms with Gasteiger partial charge in [0.05, 0.1) is 13.7 Å². The Morgan fingerprint density at radius 3 is 2.48 bits per heavy atom. The van der Waals surface area contributed by atoms with Crippen LogP contribution in [0.2, 0.25) is 0 Å². The van der Waals surface area contributed by atoms with Crippen LogP contribution in [0.4, 0.5) is 4.79 Å². The molecule has 0 saturated carbocycles. The lowest BCUT2D eigenvalue weighted by Gasteiger charge is -2.36. The molecule has 1 aromatic rings. The van der Waals surface area contributed by atoms with E-state index in [0.717, 1.165) is 5.56 Å². The van der Waals surface area contributed by atoms with E-state index >= 15 is 0 Å². The maximum atomic E-state index is 12.5. The number of ether oxygens (including phenoxy) is 3. The summed E-state index contributed by atoms with van der Waals surface area (Å²) in [6, 6.07) is 2.30. The Bertz CT molecular complexity index is 664. The minimum atomic E-state index is -1.12. The number of carboxylic acids is 1. The van der Waals surface area contributed by atoms with Crippen molar-refractivity contribution in [3.63, 3.8) is 0 Å². The first-order valence-electron chi connectivity index (χ1n) is 8.24. The highest BCUT2D eigenvalue weighted by Gasteiger charge is 2.39. The number of carbonyl (C=O) groups excluding carboxylic acids is 1. The number of benzene rings is 1. The minimum absolute atomic E-state index is 0.260. The molecule has 1 unspecified atom stereocenters. The van der Waals surface area contributed by atoms with Gasteiger partial charge >= 0.3 is 12.1 Å². The summed E-state index contributed by atoms with van der Waals surface area (Å²) in [6.45, 7) is 7.75. The predicted molar refractivity (Wildman–Crippen MR) is 91.2 cm³/mol. The van der Waals surface area contributed by atoms with Crippen molar-refractivity contribution < 1.29 is 28.9 Å². The first-order valence-corrected chi connectivity index (χ1v) is 8.24. The van der Waals surface area contributed by atoms with E-state index in [-0.39, 0.29) is 6.54 Å². The first-order chi connectivity index (χ1) is 11.7. The highest BCUT2D eigenvalue weighted by atomic mass is 16.6. The van der Waals surface area contributed by atoms with Gasteiger partial charge in [-0.2, -0.15) is 0 Å². The van der Waals surface area contributed by atoms with Crippen LogP contribution in [-0.2, 0) is 16.0 Å². The molecule has 0 fully saturated rings. The zero-order valence-corrected chi connectivity index (χ0v) is 15.3. The number of rotatable bonds is 4. The van der Waals surface area contributed by atoms with Gasteiger partial charge in [-0.1, -0.05) is 0 Å². The zero-order valence-electron chi connectivity index (χ0n) is 15.3. The quantitative estimate of drug-likeness (QED) is 0.897. The van der Waals surface area contributed by atoms with Crippen molar-refractivity contribution in [2.24, 2.45) is 0 Å². The lowest BCUT2D eigenvalue weighted by Crippen LogP contribution is -2.45. The lowest BCUT2D eigenvalue weighted by atomic mass is 9.92. The van der Waals surface area contributed by atoms with Crippen molar-refractivity contribution in [2.45, 2.75) is 45.8 Å². The number of carbonyl (C=O) groups is 2. The standard InChI is InChI=1S/C18H25NO6/c1-6-24-14-10-12-11(9-13(14)23-5)7-8-19(15(12)16(20)21)17(22)25-18(2,3)4/h9-10,15H,6-8H2,1-5H3,(H,20,21). The number of aliphatic carboxylic acids is 1. The van der Waals surface area contributed by atoms with Crippen LogP contribution in [0.15, 0.2) is 12.1 Å². The first kappa shape index (κ1) is 18.9. The largest absolute Gasteiger partial charge is 0.493 e. The van der Waals surface area contributed by atoms with Gasteiger partial charge in [-0.15, -0.1) is 0 Å². The number of fused-ring (bicyclic) bond motifs is 1. The third-order valence-corrected chi connectivity index (χ3v) is 3.82. The van der Waals surface area contributed by atoms with Crippen LogP contribution in [0.3, 0.4) is 0 Å². The predicted octanol–water partition coefficient (Wildman–Crippen LogP) is 3.01. The lowest BCUT2D eigenvalue weighted by molar-refractivity contribution is -0.143. The smallest absolute Gasteiger partial charge is 0.411 e. The molecule has 1 heterocycles. The summed E-state index contributed by atoms with van der Waals surface area (Å²) < 4.78 is 16.2. The van der Waals surface area contributed by atoms with E-state index in [0.29, 0.717) is 30.1 Å². The molecule has 7 nitrogen and oxygen atoms in total. The van der Waals surface area contributed by atoms with E-state index < -0.39 is 23.7 Å². The third-order valence-electron chi connectivity index (χ3n) is 3.82. The van der Waals surface area contributed by atoms with Crippen molar-refractivity contribution in [1.82, 2.24) is 4.90 Å². The molecule has 25 heavy (non-hydrogen) atoms. The fourth-order valence-corrected chi connectivity index (χ4v) is 2.84. The SMILES string of the molecule is CCOc1cc2c(cc1OC)CCN(C(=O)OC(C)(C)C)C2C(=O)O. The normalized spacial score (nSPS) is 16.8. The van der Waals surface area contributed by atoms with Crippen LogP contribution in [0.25, 0.3) is 0 Å². The van der Waals surface area contributed by atoms with Gasteiger partial charge in [0, 0.05) is 6.54 Å². The second-order valence-electron chi connectivity index (χ2n) is 6.80. The van der Waals surface area contributed by atoms with Gasteiger partial charge in [0.1, 0.15) is 5.60 Å². The van der Waals surface area contributed by atoms with Crippen molar-refractivity contribution in [3.05, 3.63) is 23.3 Å². The molecule has 0 aromatic heterocycles. The Hall–Kier alpha value is -2.44. The van der Waals surface area contributed by atoms with Crippen LogP contribution in [0.1, 0.15) is 44.9 Å². The fraction of sp³-hybridized carbons (Fsp3) is 0.556. The van der Waals surface area contributed by atoms with Crippen molar-refractivity contribution >= 4 is 12.1 Å². The molecular formula is C18H25NO6. The fourth-order valence-electron chi connectivity index (χ4n) is 2.84. The maximum absolute atomic E-state index is 12.5. The maximum Gasteiger partial charge on any atom is 0.411 e. The molecule has 138 valence electrons. The molecule has 1 aliphatic heterocycles. The summed E-state index contributed by atoms with van der Waals surface area (Å²) in [4.78, 5) is 25.6. The third kappa shape index (κ3) is 4.15. The topological polar surface area (TPSA) is 85.3 Å². The van der Waals surface area contributed by atoms with Gasteiger partial charge in [-0.25, -0.2) is 9.59 Å². The van der Waals surface area contributed by atoms with Crippen molar-refractivity contribution in [3.8, 4) is 11.5 Å². The Balaban J connectivity index is 2.45. The summed E-state index contributed by atoms with van der Waals surface area (Å²) in [7, 11) is 1.54. The van der Waals surface area contributed by atoms with Gasteiger partial charge < -0.3 is 19.3 Å². The molecule has 0 radical (unpaired) electrons. The van der Waals surface area contributed by atoms with Gasteiger partial charge in [-0.3, -0.25) is 4.90 Å². The van der Waals surface area contributed by atoms with Gasteiger partial charge in [0.25, 0.3) is 0 Å². The molecule has 7 heteroatoms. The molecule has 2 rings (SSSR count). The molecule has 1 amide bonds. The van der Waals surface area contributed by atoms with Crippen molar-refractivity contribution in [2.75, 3.05) is 20.3 Å². The number of carboxylic acid groups (broad SMARTS) is 1. The zero-order chi connectivity index (χ0) is 18.8. The Morgan fingerprint density at radius 1 is 1.28 bits per heavy atom. The van der Waals surface area contributed by atoms with E-state index in [1.54, 1.807) is 32.9 Å². The second kappa shape index (κ2) is 7.21. The summed E-state index contributed by atoms with van der Waals surface area (Å²) in [5.41, 5.74) is 0.651. The van der Waals surface area contributed by atoms with E-state index in [9.17, 15) is 14.7 Å². The summed E-state index contributed by atoms with van der Waals surface area (Å²) in [6.07, 6.45) is -0.125. The molecule has 1 N–H and O–H groups in total. The van der Waals surface area contributed by atoms with Gasteiger partial charge in [0.2, 0.25) is 0 Å². The average Bonchev–Trinajstić information content (AvgIpc) is 2.51. The Kier molecular flexibility index (Phi) is 5.45. The van der Waals surface area contributed by atoms with Crippen LogP contribution in [-0.4, -0.2) is 47.9 Å². The van der Waals surface area contributed by atoms with E-state index in [4.69, 9.17) is 14.2 Å². The van der Waals surface area contributed by atoms with E-state index in [2.05, 4.69) is 0 Å². The number of nitrogens with zero attached hydrogens (tertiary/aromatic N) is 1. The number of amides is 1. The van der Waals surface area contributed by atoms with Crippen LogP contribution in [0, 0.1) is 0 Å². The van der Waals surface area contributed by atoms with E-state index in [1.807, 2.05) is 6.92 Å². The molecule has 0 aliphatic carbocycles. The number of hydrogen-bond acceptors (Lipinski definition) is 5. The minimum Gasteiger partial charge on any atom is -0.493 e. The Morgan fingerprint density at radius 2 is 1.96 bits per heavy atom. The highest BCUT2D eigenvalue weighted by molar-refractivity contribution is 5.83. The second-order valence-corrected chi connectivity index (χ2v) is 6.80. The monoisotopic (exact) mass is 351 g/mol. The van der Waals surface area contributed by atoms with Crippen LogP contribution >= 0.6 is 0 Å². The molecule has 0 saturated heterocycles. The van der Waals surface area contributed by atoms with Crippen LogP contribution in [0.5, 0.6) is 11.5 Å². The number of methoxy groups -OCH3 is 1. The summed E-state index contributed by atoms with van der Waals surface area (Å²) >= 11 is 0. The number of hydrogen-bond donors (Lipinski definition) is 1. The highest BCUT2D eigenvalue weighted by Crippen LogP contribution is 2.38. The van der Waals surface area contributed by atoms with Gasteiger partial charge in [-0.05, 0) is 57.4 Å². The van der Waals surface area contributed by atoms with Crippen molar-refractivity contribution in [1.29, 1.82) is 0 Å². The molecule has 1 aliphatic rings. The average molecular weight is 351 g/mol. The molecular weight excluding hydrogens is 326 g/mol. The molecule has 1 atom stereocenters. The molecule has 1 aromatic carbocycles. The molecule has 0 bridgehead atoms. The molecule has 0 spiro atoms. The van der Waals surface area contributed by atoms with E-state index in [1.165, 1.54) is 12.0 Å². The van der Waals surface area contributed by atoms with Crippen LogP contribution < -0.4 is 9.47 Å². The van der Waals surface area contributed by atoms with Gasteiger partial charge in [0.15, 0.2) is 17.5 Å². The summed E-state index contributed by atoms with van der Waals surface area (Å²) in [5, 5.41) is 9.73.